The zero-order valence-electron chi connectivity index (χ0n) is 11.4. The van der Waals surface area contributed by atoms with Crippen LogP contribution in [0.15, 0.2) is 17.1 Å². The highest BCUT2D eigenvalue weighted by Crippen LogP contribution is 2.22. The maximum atomic E-state index is 14.0. The molecule has 0 saturated heterocycles. The Hall–Kier alpha value is -2.09. The Bertz CT molecular complexity index is 780. The summed E-state index contributed by atoms with van der Waals surface area (Å²) in [6.45, 7) is 2.75. The second-order valence-corrected chi connectivity index (χ2v) is 5.15. The highest BCUT2D eigenvalue weighted by atomic mass is 32.1. The molecule has 1 aromatic carbocycles. The van der Waals surface area contributed by atoms with Crippen LogP contribution in [0.4, 0.5) is 8.78 Å². The van der Waals surface area contributed by atoms with E-state index < -0.39 is 23.5 Å². The normalized spacial score (nSPS) is 11.9. The maximum absolute atomic E-state index is 14.0. The molecule has 1 heterocycles. The molecule has 0 aliphatic heterocycles. The summed E-state index contributed by atoms with van der Waals surface area (Å²) < 4.78 is 33.5. The zero-order valence-corrected chi connectivity index (χ0v) is 12.2. The Morgan fingerprint density at radius 3 is 2.71 bits per heavy atom. The second kappa shape index (κ2) is 6.13. The van der Waals surface area contributed by atoms with Crippen molar-refractivity contribution in [2.75, 3.05) is 6.61 Å². The number of aromatic nitrogens is 1. The first-order valence-electron chi connectivity index (χ1n) is 6.11. The number of hydrogen-bond donors (Lipinski definition) is 0. The molecule has 0 fully saturated rings. The van der Waals surface area contributed by atoms with Gasteiger partial charge in [-0.2, -0.15) is 4.99 Å². The molecule has 1 aromatic heterocycles. The monoisotopic (exact) mass is 314 g/mol. The average Bonchev–Trinajstić information content (AvgIpc) is 2.66. The third-order valence-corrected chi connectivity index (χ3v) is 3.57. The first-order valence-corrected chi connectivity index (χ1v) is 6.93. The molecule has 112 valence electrons. The summed E-state index contributed by atoms with van der Waals surface area (Å²) in [5, 5.41) is 0. The predicted molar refractivity (Wildman–Crippen MR) is 72.6 cm³/mol. The van der Waals surface area contributed by atoms with E-state index in [1.54, 1.807) is 6.92 Å². The minimum absolute atomic E-state index is 0.0226. The summed E-state index contributed by atoms with van der Waals surface area (Å²) in [5.41, 5.74) is 0.0226. The van der Waals surface area contributed by atoms with Crippen molar-refractivity contribution in [1.82, 2.24) is 4.57 Å². The summed E-state index contributed by atoms with van der Waals surface area (Å²) in [4.78, 5) is 26.6. The van der Waals surface area contributed by atoms with Crippen molar-refractivity contribution in [3.63, 3.8) is 0 Å². The van der Waals surface area contributed by atoms with E-state index >= 15 is 0 Å². The molecule has 21 heavy (non-hydrogen) atoms. The van der Waals surface area contributed by atoms with Crippen LogP contribution in [0, 0.1) is 11.6 Å². The molecule has 2 aromatic rings. The van der Waals surface area contributed by atoms with Gasteiger partial charge in [-0.3, -0.25) is 9.59 Å². The van der Waals surface area contributed by atoms with Crippen molar-refractivity contribution in [1.29, 1.82) is 0 Å². The second-order valence-electron chi connectivity index (χ2n) is 4.14. The van der Waals surface area contributed by atoms with Gasteiger partial charge in [-0.15, -0.1) is 0 Å². The lowest BCUT2D eigenvalue weighted by molar-refractivity contribution is -0.143. The third kappa shape index (κ3) is 3.33. The Morgan fingerprint density at radius 2 is 2.10 bits per heavy atom. The summed E-state index contributed by atoms with van der Waals surface area (Å²) in [7, 11) is 0. The van der Waals surface area contributed by atoms with E-state index in [1.807, 2.05) is 0 Å². The van der Waals surface area contributed by atoms with Crippen LogP contribution in [0.5, 0.6) is 0 Å². The topological polar surface area (TPSA) is 60.7 Å². The van der Waals surface area contributed by atoms with Gasteiger partial charge in [-0.1, -0.05) is 11.3 Å². The summed E-state index contributed by atoms with van der Waals surface area (Å²) >= 11 is 0.928. The fourth-order valence-corrected chi connectivity index (χ4v) is 2.94. The molecule has 2 rings (SSSR count). The van der Waals surface area contributed by atoms with Gasteiger partial charge in [0.25, 0.3) is 0 Å². The van der Waals surface area contributed by atoms with Crippen LogP contribution >= 0.6 is 11.3 Å². The van der Waals surface area contributed by atoms with Crippen LogP contribution < -0.4 is 4.80 Å². The fourth-order valence-electron chi connectivity index (χ4n) is 1.83. The first-order chi connectivity index (χ1) is 9.92. The van der Waals surface area contributed by atoms with Crippen molar-refractivity contribution in [3.8, 4) is 0 Å². The van der Waals surface area contributed by atoms with Crippen molar-refractivity contribution in [2.45, 2.75) is 20.4 Å². The van der Waals surface area contributed by atoms with Crippen LogP contribution in [0.25, 0.3) is 10.2 Å². The zero-order chi connectivity index (χ0) is 15.6. The van der Waals surface area contributed by atoms with Crippen molar-refractivity contribution in [3.05, 3.63) is 28.6 Å². The van der Waals surface area contributed by atoms with E-state index in [4.69, 9.17) is 4.74 Å². The van der Waals surface area contributed by atoms with Crippen molar-refractivity contribution >= 4 is 33.4 Å². The number of benzene rings is 1. The number of amides is 1. The average molecular weight is 314 g/mol. The van der Waals surface area contributed by atoms with Gasteiger partial charge in [0.15, 0.2) is 10.6 Å². The number of rotatable bonds is 3. The molecule has 0 radical (unpaired) electrons. The van der Waals surface area contributed by atoms with E-state index in [9.17, 15) is 18.4 Å². The molecule has 0 spiro atoms. The number of nitrogens with zero attached hydrogens (tertiary/aromatic N) is 2. The van der Waals surface area contributed by atoms with Gasteiger partial charge in [0.2, 0.25) is 5.91 Å². The van der Waals surface area contributed by atoms with Crippen LogP contribution in [0.2, 0.25) is 0 Å². The predicted octanol–water partition coefficient (Wildman–Crippen LogP) is 1.99. The molecular weight excluding hydrogens is 302 g/mol. The van der Waals surface area contributed by atoms with Gasteiger partial charge < -0.3 is 9.30 Å². The molecule has 0 N–H and O–H groups in total. The highest BCUT2D eigenvalue weighted by Gasteiger charge is 2.16. The lowest BCUT2D eigenvalue weighted by atomic mass is 10.3. The lowest BCUT2D eigenvalue weighted by Gasteiger charge is -2.05. The number of ether oxygens (including phenoxy) is 1. The third-order valence-electron chi connectivity index (χ3n) is 2.54. The van der Waals surface area contributed by atoms with Gasteiger partial charge in [-0.25, -0.2) is 8.78 Å². The Morgan fingerprint density at radius 1 is 1.38 bits per heavy atom. The molecule has 8 heteroatoms. The number of fused-ring (bicyclic) bond motifs is 1. The standard InChI is InChI=1S/C13H12F2N2O3S/c1-3-20-11(19)6-17-12-9(15)4-8(14)5-10(12)21-13(17)16-7(2)18/h4-5H,3,6H2,1-2H3. The van der Waals surface area contributed by atoms with Crippen molar-refractivity contribution in [2.24, 2.45) is 4.99 Å². The van der Waals surface area contributed by atoms with Crippen molar-refractivity contribution < 1.29 is 23.1 Å². The Labute approximate surface area is 122 Å². The van der Waals surface area contributed by atoms with Crippen LogP contribution in [0.3, 0.4) is 0 Å². The van der Waals surface area contributed by atoms with Crippen LogP contribution in [-0.4, -0.2) is 23.1 Å². The molecule has 0 atom stereocenters. The molecule has 0 aliphatic carbocycles. The van der Waals surface area contributed by atoms with Crippen LogP contribution in [0.1, 0.15) is 13.8 Å². The van der Waals surface area contributed by atoms with Gasteiger partial charge in [0.05, 0.1) is 16.8 Å². The molecule has 1 amide bonds. The van der Waals surface area contributed by atoms with Crippen LogP contribution in [-0.2, 0) is 20.9 Å². The largest absolute Gasteiger partial charge is 0.465 e. The number of thiazole rings is 1. The number of carbonyl (C=O) groups excluding carboxylic acids is 2. The first kappa shape index (κ1) is 15.3. The number of halogens is 2. The number of carbonyl (C=O) groups is 2. The summed E-state index contributed by atoms with van der Waals surface area (Å²) in [5.74, 6) is -2.65. The molecule has 0 saturated carbocycles. The molecule has 0 bridgehead atoms. The van der Waals surface area contributed by atoms with E-state index in [2.05, 4.69) is 4.99 Å². The maximum Gasteiger partial charge on any atom is 0.326 e. The summed E-state index contributed by atoms with van der Waals surface area (Å²) in [6, 6.07) is 1.85. The van der Waals surface area contributed by atoms with Gasteiger partial charge >= 0.3 is 5.97 Å². The highest BCUT2D eigenvalue weighted by molar-refractivity contribution is 7.16. The smallest absolute Gasteiger partial charge is 0.326 e. The van der Waals surface area contributed by atoms with Gasteiger partial charge in [-0.05, 0) is 13.0 Å². The number of hydrogen-bond acceptors (Lipinski definition) is 4. The number of esters is 1. The fraction of sp³-hybridized carbons (Fsp3) is 0.308. The Balaban J connectivity index is 2.68. The van der Waals surface area contributed by atoms with E-state index in [0.717, 1.165) is 17.4 Å². The minimum atomic E-state index is -0.824. The van der Waals surface area contributed by atoms with E-state index in [-0.39, 0.29) is 28.2 Å². The SMILES string of the molecule is CCOC(=O)Cn1c(=NC(C)=O)sc2cc(F)cc(F)c21. The van der Waals surface area contributed by atoms with Gasteiger partial charge in [0, 0.05) is 13.0 Å². The van der Waals surface area contributed by atoms with E-state index in [0.29, 0.717) is 6.07 Å². The summed E-state index contributed by atoms with van der Waals surface area (Å²) in [6.07, 6.45) is 0. The minimum Gasteiger partial charge on any atom is -0.465 e. The lowest BCUT2D eigenvalue weighted by Crippen LogP contribution is -2.23. The molecule has 0 aliphatic rings. The molecule has 5 nitrogen and oxygen atoms in total. The van der Waals surface area contributed by atoms with E-state index in [1.165, 1.54) is 11.5 Å². The van der Waals surface area contributed by atoms with Gasteiger partial charge in [0.1, 0.15) is 12.4 Å². The quantitative estimate of drug-likeness (QED) is 0.814. The molecular formula is C13H12F2N2O3S. The molecule has 0 unspecified atom stereocenters. The Kier molecular flexibility index (Phi) is 4.46.